The molecule has 1 aromatic rings. The zero-order chi connectivity index (χ0) is 13.2. The molecular weight excluding hydrogens is 226 g/mol. The van der Waals surface area contributed by atoms with Crippen molar-refractivity contribution in [1.29, 1.82) is 0 Å². The molecule has 1 saturated heterocycles. The van der Waals surface area contributed by atoms with Crippen LogP contribution in [0, 0.1) is 0 Å². The summed E-state index contributed by atoms with van der Waals surface area (Å²) in [4.78, 5) is 6.64. The first-order valence-corrected chi connectivity index (χ1v) is 6.58. The van der Waals surface area contributed by atoms with Crippen LogP contribution in [0.5, 0.6) is 0 Å². The molecule has 2 rings (SSSR count). The van der Waals surface area contributed by atoms with E-state index in [0.29, 0.717) is 6.54 Å². The fourth-order valence-corrected chi connectivity index (χ4v) is 2.15. The van der Waals surface area contributed by atoms with E-state index >= 15 is 0 Å². The first kappa shape index (κ1) is 13.3. The maximum Gasteiger partial charge on any atom is 0.133 e. The van der Waals surface area contributed by atoms with Crippen LogP contribution in [0.1, 0.15) is 32.8 Å². The number of β-amino-alcohol motifs (C(OH)–C–C–N with tert-alkyl or cyclic N) is 1. The first-order chi connectivity index (χ1) is 8.46. The Morgan fingerprint density at radius 1 is 1.50 bits per heavy atom. The molecule has 0 spiro atoms. The molecule has 2 heterocycles. The van der Waals surface area contributed by atoms with Gasteiger partial charge in [0, 0.05) is 36.9 Å². The largest absolute Gasteiger partial charge is 0.391 e. The first-order valence-electron chi connectivity index (χ1n) is 6.58. The second-order valence-corrected chi connectivity index (χ2v) is 5.98. The third kappa shape index (κ3) is 3.43. The molecule has 1 aromatic heterocycles. The van der Waals surface area contributed by atoms with E-state index in [2.05, 4.69) is 42.0 Å². The Morgan fingerprint density at radius 3 is 2.89 bits per heavy atom. The van der Waals surface area contributed by atoms with Gasteiger partial charge in [-0.3, -0.25) is 0 Å². The van der Waals surface area contributed by atoms with Crippen molar-refractivity contribution in [2.75, 3.05) is 18.0 Å². The van der Waals surface area contributed by atoms with Gasteiger partial charge in [-0.05, 0) is 33.3 Å². The van der Waals surface area contributed by atoms with Crippen molar-refractivity contribution < 1.29 is 5.11 Å². The third-order valence-corrected chi connectivity index (χ3v) is 3.14. The number of hydrogen-bond donors (Lipinski definition) is 2. The molecule has 4 heteroatoms. The van der Waals surface area contributed by atoms with Crippen LogP contribution in [-0.4, -0.2) is 34.8 Å². The number of hydrogen-bond acceptors (Lipinski definition) is 4. The van der Waals surface area contributed by atoms with E-state index in [1.54, 1.807) is 0 Å². The van der Waals surface area contributed by atoms with Crippen molar-refractivity contribution in [3.05, 3.63) is 23.9 Å². The van der Waals surface area contributed by atoms with E-state index in [9.17, 15) is 5.11 Å². The van der Waals surface area contributed by atoms with Crippen LogP contribution < -0.4 is 10.2 Å². The Balaban J connectivity index is 2.10. The van der Waals surface area contributed by atoms with Crippen molar-refractivity contribution >= 4 is 5.82 Å². The highest BCUT2D eigenvalue weighted by Gasteiger charge is 2.23. The van der Waals surface area contributed by atoms with Crippen LogP contribution in [0.25, 0.3) is 0 Å². The quantitative estimate of drug-likeness (QED) is 0.853. The summed E-state index contributed by atoms with van der Waals surface area (Å²) in [7, 11) is 0. The molecule has 0 aromatic carbocycles. The summed E-state index contributed by atoms with van der Waals surface area (Å²) in [5, 5.41) is 13.1. The van der Waals surface area contributed by atoms with Crippen molar-refractivity contribution in [3.8, 4) is 0 Å². The molecule has 2 N–H and O–H groups in total. The molecule has 0 aliphatic carbocycles. The Labute approximate surface area is 109 Å². The lowest BCUT2D eigenvalue weighted by atomic mass is 10.1. The van der Waals surface area contributed by atoms with Gasteiger partial charge in [-0.25, -0.2) is 4.98 Å². The molecule has 0 radical (unpaired) electrons. The van der Waals surface area contributed by atoms with Gasteiger partial charge in [-0.1, -0.05) is 6.07 Å². The second kappa shape index (κ2) is 5.24. The minimum Gasteiger partial charge on any atom is -0.391 e. The monoisotopic (exact) mass is 249 g/mol. The highest BCUT2D eigenvalue weighted by Crippen LogP contribution is 2.22. The maximum absolute atomic E-state index is 9.63. The maximum atomic E-state index is 9.63. The number of nitrogens with one attached hydrogen (secondary N) is 1. The zero-order valence-corrected chi connectivity index (χ0v) is 11.5. The van der Waals surface area contributed by atoms with Crippen LogP contribution >= 0.6 is 0 Å². The van der Waals surface area contributed by atoms with Crippen molar-refractivity contribution in [1.82, 2.24) is 10.3 Å². The Hall–Kier alpha value is -1.13. The topological polar surface area (TPSA) is 48.4 Å². The molecular formula is C14H23N3O. The Bertz CT molecular complexity index is 400. The molecule has 100 valence electrons. The number of pyridine rings is 1. The van der Waals surface area contributed by atoms with Gasteiger partial charge in [0.2, 0.25) is 0 Å². The van der Waals surface area contributed by atoms with Crippen LogP contribution in [0.4, 0.5) is 5.82 Å². The molecule has 4 nitrogen and oxygen atoms in total. The van der Waals surface area contributed by atoms with Crippen LogP contribution in [0.3, 0.4) is 0 Å². The van der Waals surface area contributed by atoms with Crippen LogP contribution in [0.15, 0.2) is 18.3 Å². The fraction of sp³-hybridized carbons (Fsp3) is 0.643. The fourth-order valence-electron chi connectivity index (χ4n) is 2.15. The smallest absolute Gasteiger partial charge is 0.133 e. The van der Waals surface area contributed by atoms with E-state index in [1.165, 1.54) is 5.56 Å². The summed E-state index contributed by atoms with van der Waals surface area (Å²) in [5.41, 5.74) is 1.29. The van der Waals surface area contributed by atoms with E-state index in [0.717, 1.165) is 25.3 Å². The third-order valence-electron chi connectivity index (χ3n) is 3.14. The average molecular weight is 249 g/mol. The number of anilines is 1. The number of aliphatic hydroxyl groups excluding tert-OH is 1. The Morgan fingerprint density at radius 2 is 2.28 bits per heavy atom. The summed E-state index contributed by atoms with van der Waals surface area (Å²) in [6.45, 7) is 8.85. The predicted molar refractivity (Wildman–Crippen MR) is 73.7 cm³/mol. The number of nitrogens with zero attached hydrogens (tertiary/aromatic N) is 2. The molecule has 0 bridgehead atoms. The molecule has 1 atom stereocenters. The SMILES string of the molecule is CC(C)(C)NCc1cccnc1N1CCC(O)C1. The minimum absolute atomic E-state index is 0.0949. The van der Waals surface area contributed by atoms with Gasteiger partial charge in [-0.15, -0.1) is 0 Å². The average Bonchev–Trinajstić information content (AvgIpc) is 2.72. The highest BCUT2D eigenvalue weighted by atomic mass is 16.3. The Kier molecular flexibility index (Phi) is 3.88. The summed E-state index contributed by atoms with van der Waals surface area (Å²) in [6, 6.07) is 4.07. The lowest BCUT2D eigenvalue weighted by Gasteiger charge is -2.24. The number of rotatable bonds is 3. The van der Waals surface area contributed by atoms with E-state index in [1.807, 2.05) is 12.3 Å². The highest BCUT2D eigenvalue weighted by molar-refractivity contribution is 5.47. The summed E-state index contributed by atoms with van der Waals surface area (Å²) in [5.74, 6) is 1.01. The minimum atomic E-state index is -0.213. The number of aliphatic hydroxyl groups is 1. The van der Waals surface area contributed by atoms with Gasteiger partial charge >= 0.3 is 0 Å². The van der Waals surface area contributed by atoms with Gasteiger partial charge in [0.25, 0.3) is 0 Å². The van der Waals surface area contributed by atoms with Crippen molar-refractivity contribution in [2.24, 2.45) is 0 Å². The van der Waals surface area contributed by atoms with E-state index in [-0.39, 0.29) is 11.6 Å². The van der Waals surface area contributed by atoms with Gasteiger partial charge in [0.05, 0.1) is 6.10 Å². The van der Waals surface area contributed by atoms with Gasteiger partial charge in [0.1, 0.15) is 5.82 Å². The molecule has 1 fully saturated rings. The normalized spacial score (nSPS) is 20.4. The zero-order valence-electron chi connectivity index (χ0n) is 11.5. The summed E-state index contributed by atoms with van der Waals surface area (Å²) < 4.78 is 0. The van der Waals surface area contributed by atoms with Gasteiger partial charge in [0.15, 0.2) is 0 Å². The van der Waals surface area contributed by atoms with Crippen molar-refractivity contribution in [3.63, 3.8) is 0 Å². The van der Waals surface area contributed by atoms with E-state index < -0.39 is 0 Å². The van der Waals surface area contributed by atoms with E-state index in [4.69, 9.17) is 0 Å². The molecule has 1 aliphatic rings. The lowest BCUT2D eigenvalue weighted by molar-refractivity contribution is 0.198. The van der Waals surface area contributed by atoms with Crippen LogP contribution in [-0.2, 0) is 6.54 Å². The van der Waals surface area contributed by atoms with Crippen LogP contribution in [0.2, 0.25) is 0 Å². The van der Waals surface area contributed by atoms with Crippen molar-refractivity contribution in [2.45, 2.75) is 45.4 Å². The molecule has 0 saturated carbocycles. The van der Waals surface area contributed by atoms with Gasteiger partial charge in [-0.2, -0.15) is 0 Å². The number of aromatic nitrogens is 1. The molecule has 1 aliphatic heterocycles. The standard InChI is InChI=1S/C14H23N3O/c1-14(2,3)16-9-11-5-4-7-15-13(11)17-8-6-12(18)10-17/h4-5,7,12,16,18H,6,8-10H2,1-3H3. The second-order valence-electron chi connectivity index (χ2n) is 5.98. The molecule has 0 amide bonds. The predicted octanol–water partition coefficient (Wildman–Crippen LogP) is 1.54. The summed E-state index contributed by atoms with van der Waals surface area (Å²) in [6.07, 6.45) is 2.44. The summed E-state index contributed by atoms with van der Waals surface area (Å²) >= 11 is 0. The molecule has 18 heavy (non-hydrogen) atoms. The molecule has 1 unspecified atom stereocenters. The lowest BCUT2D eigenvalue weighted by Crippen LogP contribution is -2.35. The van der Waals surface area contributed by atoms with Gasteiger partial charge < -0.3 is 15.3 Å².